The van der Waals surface area contributed by atoms with Crippen molar-refractivity contribution in [3.05, 3.63) is 59.7 Å². The van der Waals surface area contributed by atoms with Gasteiger partial charge in [-0.1, -0.05) is 0 Å². The van der Waals surface area contributed by atoms with Gasteiger partial charge >= 0.3 is 0 Å². The van der Waals surface area contributed by atoms with Gasteiger partial charge in [-0.25, -0.2) is 23.7 Å². The quantitative estimate of drug-likeness (QED) is 0.144. The van der Waals surface area contributed by atoms with Crippen LogP contribution < -0.4 is 24.6 Å². The fraction of sp³-hybridized carbons (Fsp3) is 0.345. The summed E-state index contributed by atoms with van der Waals surface area (Å²) in [4.78, 5) is 28.4. The number of ether oxygens (including phenoxy) is 1. The summed E-state index contributed by atoms with van der Waals surface area (Å²) in [6.45, 7) is 11.4. The number of rotatable bonds is 10. The van der Waals surface area contributed by atoms with E-state index in [1.807, 2.05) is 18.3 Å². The summed E-state index contributed by atoms with van der Waals surface area (Å²) < 4.78 is 25.8. The molecule has 0 atom stereocenters. The van der Waals surface area contributed by atoms with Crippen LogP contribution in [0.25, 0.3) is 0 Å². The molecule has 0 aliphatic carbocycles. The largest absolute Gasteiger partial charge is 0.453 e. The third-order valence-corrected chi connectivity index (χ3v) is 7.74. The summed E-state index contributed by atoms with van der Waals surface area (Å²) in [6, 6.07) is 9.82. The molecule has 1 fully saturated rings. The van der Waals surface area contributed by atoms with E-state index in [0.717, 1.165) is 31.7 Å². The van der Waals surface area contributed by atoms with Crippen molar-refractivity contribution in [1.82, 2.24) is 19.6 Å². The highest BCUT2D eigenvalue weighted by Crippen LogP contribution is 2.36. The molecule has 3 aromatic rings. The lowest BCUT2D eigenvalue weighted by atomic mass is 10.1. The molecule has 1 saturated heterocycles. The maximum absolute atomic E-state index is 14.8. The first-order valence-corrected chi connectivity index (χ1v) is 14.1. The van der Waals surface area contributed by atoms with Gasteiger partial charge in [0, 0.05) is 43.9 Å². The molecule has 220 valence electrons. The lowest BCUT2D eigenvalue weighted by Gasteiger charge is -2.30. The van der Waals surface area contributed by atoms with Gasteiger partial charge in [-0.3, -0.25) is 9.69 Å². The molecule has 11 nitrogen and oxygen atoms in total. The molecule has 0 unspecified atom stereocenters. The number of aliphatic imine (C=N–C) groups is 1. The van der Waals surface area contributed by atoms with Crippen molar-refractivity contribution in [1.29, 1.82) is 5.26 Å². The Balaban J connectivity index is 1.47. The molecule has 1 amide bonds. The van der Waals surface area contributed by atoms with Crippen molar-refractivity contribution in [2.45, 2.75) is 33.2 Å². The van der Waals surface area contributed by atoms with E-state index >= 15 is 0 Å². The van der Waals surface area contributed by atoms with Crippen LogP contribution in [0.1, 0.15) is 31.9 Å². The van der Waals surface area contributed by atoms with E-state index in [-0.39, 0.29) is 16.9 Å². The van der Waals surface area contributed by atoms with Crippen molar-refractivity contribution >= 4 is 47.9 Å². The molecule has 1 aromatic heterocycles. The number of halogens is 1. The zero-order chi connectivity index (χ0) is 30.3. The van der Waals surface area contributed by atoms with E-state index in [1.54, 1.807) is 30.6 Å². The second kappa shape index (κ2) is 13.6. The Morgan fingerprint density at radius 2 is 1.93 bits per heavy atom. The molecule has 0 spiro atoms. The molecule has 0 saturated carbocycles. The number of benzene rings is 2. The molecular formula is C29H34FN9O2S. The highest BCUT2D eigenvalue weighted by atomic mass is 32.2. The molecule has 2 aromatic carbocycles. The van der Waals surface area contributed by atoms with Crippen LogP contribution in [0.3, 0.4) is 0 Å². The van der Waals surface area contributed by atoms with Crippen LogP contribution in [0.5, 0.6) is 11.5 Å². The van der Waals surface area contributed by atoms with Gasteiger partial charge in [0.05, 0.1) is 29.5 Å². The molecule has 2 heterocycles. The predicted molar refractivity (Wildman–Crippen MR) is 165 cm³/mol. The van der Waals surface area contributed by atoms with Gasteiger partial charge in [0.15, 0.2) is 11.6 Å². The van der Waals surface area contributed by atoms with Crippen LogP contribution >= 0.6 is 12.1 Å². The molecule has 4 rings (SSSR count). The minimum atomic E-state index is -0.655. The molecule has 0 radical (unpaired) electrons. The van der Waals surface area contributed by atoms with Crippen molar-refractivity contribution in [2.24, 2.45) is 4.99 Å². The molecule has 13 heteroatoms. The Morgan fingerprint density at radius 3 is 2.55 bits per heavy atom. The molecule has 1 aliphatic rings. The predicted octanol–water partition coefficient (Wildman–Crippen LogP) is 5.03. The fourth-order valence-corrected chi connectivity index (χ4v) is 4.50. The van der Waals surface area contributed by atoms with Crippen LogP contribution in [0.15, 0.2) is 47.7 Å². The average Bonchev–Trinajstić information content (AvgIpc) is 2.98. The lowest BCUT2D eigenvalue weighted by Crippen LogP contribution is -2.44. The van der Waals surface area contributed by atoms with Gasteiger partial charge in [0.2, 0.25) is 12.4 Å². The molecule has 2 N–H and O–H groups in total. The Kier molecular flexibility index (Phi) is 9.95. The van der Waals surface area contributed by atoms with E-state index < -0.39 is 5.82 Å². The van der Waals surface area contributed by atoms with Crippen molar-refractivity contribution in [3.8, 4) is 17.6 Å². The standard InChI is InChI=1S/C29H34FN9O2S/c1-20-14-22(41-27-23(15-31)26(9-7-24(27)30)36-42-37(5)29(2,3)4)6-8-25(20)35-18-39(19-40)21-16-33-28(34-17-21)38-12-10-32-11-13-38/h6-9,14,16-19,32,36H,10-13H2,1-5H3. The number of piperazine rings is 1. The van der Waals surface area contributed by atoms with Crippen LogP contribution in [0, 0.1) is 24.1 Å². The number of carbonyl (C=O) groups is 1. The van der Waals surface area contributed by atoms with E-state index in [9.17, 15) is 14.4 Å². The third kappa shape index (κ3) is 7.52. The molecule has 0 bridgehead atoms. The van der Waals surface area contributed by atoms with Crippen molar-refractivity contribution < 1.29 is 13.9 Å². The number of hydrogen-bond acceptors (Lipinski definition) is 11. The van der Waals surface area contributed by atoms with Gasteiger partial charge in [-0.15, -0.1) is 0 Å². The number of nitrogens with one attached hydrogen (secondary N) is 2. The van der Waals surface area contributed by atoms with Gasteiger partial charge in [0.25, 0.3) is 0 Å². The van der Waals surface area contributed by atoms with E-state index in [1.165, 1.54) is 35.5 Å². The van der Waals surface area contributed by atoms with Crippen LogP contribution in [-0.2, 0) is 4.79 Å². The first kappa shape index (κ1) is 30.7. The summed E-state index contributed by atoms with van der Waals surface area (Å²) in [5.41, 5.74) is 2.13. The fourth-order valence-electron chi connectivity index (χ4n) is 3.82. The van der Waals surface area contributed by atoms with Crippen LogP contribution in [0.2, 0.25) is 0 Å². The number of carbonyl (C=O) groups excluding carboxylic acids is 1. The smallest absolute Gasteiger partial charge is 0.225 e. The summed E-state index contributed by atoms with van der Waals surface area (Å²) >= 11 is 1.30. The normalized spacial score (nSPS) is 13.7. The first-order chi connectivity index (χ1) is 20.1. The number of anilines is 3. The van der Waals surface area contributed by atoms with Gasteiger partial charge < -0.3 is 19.7 Å². The van der Waals surface area contributed by atoms with Gasteiger partial charge in [-0.2, -0.15) is 5.26 Å². The molecule has 42 heavy (non-hydrogen) atoms. The zero-order valence-electron chi connectivity index (χ0n) is 24.3. The van der Waals surface area contributed by atoms with Crippen molar-refractivity contribution in [3.63, 3.8) is 0 Å². The summed E-state index contributed by atoms with van der Waals surface area (Å²) in [5.74, 6) is 0.122. The Bertz CT molecular complexity index is 1470. The van der Waals surface area contributed by atoms with Gasteiger partial charge in [0.1, 0.15) is 23.7 Å². The highest BCUT2D eigenvalue weighted by molar-refractivity contribution is 7.98. The summed E-state index contributed by atoms with van der Waals surface area (Å²) in [6.07, 6.45) is 5.18. The Morgan fingerprint density at radius 1 is 1.21 bits per heavy atom. The average molecular weight is 592 g/mol. The van der Waals surface area contributed by atoms with Gasteiger partial charge in [-0.05, 0) is 70.6 Å². The second-order valence-corrected chi connectivity index (χ2v) is 11.5. The second-order valence-electron chi connectivity index (χ2n) is 10.6. The topological polar surface area (TPSA) is 122 Å². The zero-order valence-corrected chi connectivity index (χ0v) is 25.1. The number of aromatic nitrogens is 2. The van der Waals surface area contributed by atoms with Crippen LogP contribution in [-0.4, -0.2) is 65.8 Å². The van der Waals surface area contributed by atoms with E-state index in [2.05, 4.69) is 56.7 Å². The first-order valence-electron chi connectivity index (χ1n) is 13.3. The third-order valence-electron chi connectivity index (χ3n) is 6.60. The number of nitrogens with zero attached hydrogens (tertiary/aromatic N) is 7. The number of nitriles is 1. The summed E-state index contributed by atoms with van der Waals surface area (Å²) in [7, 11) is 1.92. The van der Waals surface area contributed by atoms with Crippen LogP contribution in [0.4, 0.5) is 27.4 Å². The molecular weight excluding hydrogens is 557 g/mol. The minimum Gasteiger partial charge on any atom is -0.453 e. The number of aryl methyl sites for hydroxylation is 1. The Labute approximate surface area is 249 Å². The molecule has 1 aliphatic heterocycles. The number of amides is 1. The minimum absolute atomic E-state index is 0.0522. The summed E-state index contributed by atoms with van der Waals surface area (Å²) in [5, 5.41) is 13.1. The number of hydrogen-bond donors (Lipinski definition) is 2. The SMILES string of the molecule is Cc1cc(Oc2c(F)ccc(NSN(C)C(C)(C)C)c2C#N)ccc1N=CN(C=O)c1cnc(N2CCNCC2)nc1. The Hall–Kier alpha value is -4.25. The van der Waals surface area contributed by atoms with E-state index in [0.29, 0.717) is 35.2 Å². The maximum Gasteiger partial charge on any atom is 0.225 e. The monoisotopic (exact) mass is 591 g/mol. The maximum atomic E-state index is 14.8. The van der Waals surface area contributed by atoms with E-state index in [4.69, 9.17) is 4.74 Å². The lowest BCUT2D eigenvalue weighted by molar-refractivity contribution is -0.106. The van der Waals surface area contributed by atoms with Crippen molar-refractivity contribution in [2.75, 3.05) is 47.7 Å². The highest BCUT2D eigenvalue weighted by Gasteiger charge is 2.21.